The molecule has 152 valence electrons. The van der Waals surface area contributed by atoms with Crippen molar-refractivity contribution in [1.29, 1.82) is 0 Å². The zero-order valence-corrected chi connectivity index (χ0v) is 17.5. The van der Waals surface area contributed by atoms with Crippen LogP contribution in [-0.2, 0) is 11.3 Å². The van der Waals surface area contributed by atoms with Crippen molar-refractivity contribution in [3.63, 3.8) is 0 Å². The molecule has 0 unspecified atom stereocenters. The maximum atomic E-state index is 13.2. The fourth-order valence-electron chi connectivity index (χ4n) is 3.36. The molecule has 30 heavy (non-hydrogen) atoms. The number of thiophene rings is 1. The van der Waals surface area contributed by atoms with Gasteiger partial charge in [-0.15, -0.1) is 11.3 Å². The largest absolute Gasteiger partial charge is 0.336 e. The molecule has 4 rings (SSSR count). The number of anilines is 1. The number of rotatable bonds is 5. The number of hydrogen-bond acceptors (Lipinski definition) is 4. The Morgan fingerprint density at radius 2 is 1.80 bits per heavy atom. The molecule has 0 fully saturated rings. The average molecular weight is 420 g/mol. The van der Waals surface area contributed by atoms with E-state index >= 15 is 0 Å². The quantitative estimate of drug-likeness (QED) is 0.532. The standard InChI is InChI=1S/C23H21N3O3S/c1-15(2)16-7-6-8-17(13-16)24-20(27)14-25-19-11-12-30-21(19)22(28)26(23(25)29)18-9-4-3-5-10-18/h3-13,15H,14H2,1-2H3,(H,24,27). The van der Waals surface area contributed by atoms with Gasteiger partial charge < -0.3 is 5.32 Å². The summed E-state index contributed by atoms with van der Waals surface area (Å²) in [6.45, 7) is 3.98. The van der Waals surface area contributed by atoms with E-state index in [1.165, 1.54) is 15.9 Å². The number of carbonyl (C=O) groups excluding carboxylic acids is 1. The molecule has 0 bridgehead atoms. The molecule has 6 nitrogen and oxygen atoms in total. The monoisotopic (exact) mass is 419 g/mol. The lowest BCUT2D eigenvalue weighted by Gasteiger charge is -2.13. The SMILES string of the molecule is CC(C)c1cccc(NC(=O)Cn2c(=O)n(-c3ccccc3)c(=O)c3sccc32)c1. The highest BCUT2D eigenvalue weighted by Crippen LogP contribution is 2.19. The summed E-state index contributed by atoms with van der Waals surface area (Å²) in [6, 6.07) is 18.1. The first kappa shape index (κ1) is 19.8. The summed E-state index contributed by atoms with van der Waals surface area (Å²) in [6.07, 6.45) is 0. The summed E-state index contributed by atoms with van der Waals surface area (Å²) in [7, 11) is 0. The Morgan fingerprint density at radius 3 is 2.53 bits per heavy atom. The van der Waals surface area contributed by atoms with Crippen LogP contribution in [0.3, 0.4) is 0 Å². The van der Waals surface area contributed by atoms with Crippen LogP contribution in [0.4, 0.5) is 5.69 Å². The Kier molecular flexibility index (Phi) is 5.37. The second-order valence-corrected chi connectivity index (χ2v) is 8.22. The van der Waals surface area contributed by atoms with Crippen LogP contribution >= 0.6 is 11.3 Å². The number of para-hydroxylation sites is 1. The fraction of sp³-hybridized carbons (Fsp3) is 0.174. The second-order valence-electron chi connectivity index (χ2n) is 7.31. The number of nitrogens with one attached hydrogen (secondary N) is 1. The van der Waals surface area contributed by atoms with Gasteiger partial charge in [-0.1, -0.05) is 44.2 Å². The number of hydrogen-bond donors (Lipinski definition) is 1. The highest BCUT2D eigenvalue weighted by atomic mass is 32.1. The minimum atomic E-state index is -0.539. The number of amides is 1. The Labute approximate surface area is 177 Å². The van der Waals surface area contributed by atoms with Gasteiger partial charge in [-0.25, -0.2) is 9.36 Å². The van der Waals surface area contributed by atoms with Crippen LogP contribution in [-0.4, -0.2) is 15.0 Å². The van der Waals surface area contributed by atoms with Gasteiger partial charge >= 0.3 is 5.69 Å². The summed E-state index contributed by atoms with van der Waals surface area (Å²) in [5.74, 6) is 0.00750. The van der Waals surface area contributed by atoms with Gasteiger partial charge in [0.1, 0.15) is 11.2 Å². The van der Waals surface area contributed by atoms with E-state index in [2.05, 4.69) is 19.2 Å². The van der Waals surface area contributed by atoms with E-state index in [1.807, 2.05) is 30.3 Å². The van der Waals surface area contributed by atoms with Crippen LogP contribution in [0.1, 0.15) is 25.3 Å². The number of nitrogens with zero attached hydrogens (tertiary/aromatic N) is 2. The lowest BCUT2D eigenvalue weighted by molar-refractivity contribution is -0.116. The maximum absolute atomic E-state index is 13.2. The third kappa shape index (κ3) is 3.71. The van der Waals surface area contributed by atoms with Crippen LogP contribution in [0.5, 0.6) is 0 Å². The van der Waals surface area contributed by atoms with Crippen LogP contribution in [0.15, 0.2) is 75.6 Å². The first-order valence-electron chi connectivity index (χ1n) is 9.64. The van der Waals surface area contributed by atoms with Crippen LogP contribution < -0.4 is 16.6 Å². The Hall–Kier alpha value is -3.45. The molecule has 7 heteroatoms. The molecular weight excluding hydrogens is 398 g/mol. The molecule has 2 aromatic heterocycles. The smallest absolute Gasteiger partial charge is 0.325 e. The summed E-state index contributed by atoms with van der Waals surface area (Å²) in [5.41, 5.74) is 1.82. The maximum Gasteiger partial charge on any atom is 0.336 e. The van der Waals surface area contributed by atoms with Gasteiger partial charge in [-0.2, -0.15) is 0 Å². The third-order valence-electron chi connectivity index (χ3n) is 4.91. The topological polar surface area (TPSA) is 73.1 Å². The van der Waals surface area contributed by atoms with Crippen LogP contribution in [0.25, 0.3) is 15.9 Å². The molecule has 0 aliphatic carbocycles. The number of fused-ring (bicyclic) bond motifs is 1. The molecular formula is C23H21N3O3S. The van der Waals surface area contributed by atoms with Crippen molar-refractivity contribution in [2.24, 2.45) is 0 Å². The van der Waals surface area contributed by atoms with Gasteiger partial charge in [-0.05, 0) is 47.2 Å². The van der Waals surface area contributed by atoms with Crippen molar-refractivity contribution in [3.05, 3.63) is 92.4 Å². The van der Waals surface area contributed by atoms with Crippen molar-refractivity contribution >= 4 is 33.1 Å². The lowest BCUT2D eigenvalue weighted by Crippen LogP contribution is -2.40. The van der Waals surface area contributed by atoms with E-state index in [4.69, 9.17) is 0 Å². The van der Waals surface area contributed by atoms with E-state index in [9.17, 15) is 14.4 Å². The highest BCUT2D eigenvalue weighted by Gasteiger charge is 2.17. The van der Waals surface area contributed by atoms with E-state index in [0.717, 1.165) is 10.1 Å². The molecule has 0 radical (unpaired) electrons. The minimum Gasteiger partial charge on any atom is -0.325 e. The van der Waals surface area contributed by atoms with Gasteiger partial charge in [0.25, 0.3) is 5.56 Å². The highest BCUT2D eigenvalue weighted by molar-refractivity contribution is 7.17. The molecule has 0 saturated carbocycles. The van der Waals surface area contributed by atoms with Crippen LogP contribution in [0, 0.1) is 0 Å². The zero-order chi connectivity index (χ0) is 21.3. The molecule has 1 amide bonds. The fourth-order valence-corrected chi connectivity index (χ4v) is 4.19. The van der Waals surface area contributed by atoms with Gasteiger partial charge in [0.15, 0.2) is 0 Å². The summed E-state index contributed by atoms with van der Waals surface area (Å²) in [4.78, 5) is 38.8. The van der Waals surface area contributed by atoms with Crippen LogP contribution in [0.2, 0.25) is 0 Å². The molecule has 0 saturated heterocycles. The average Bonchev–Trinajstić information content (AvgIpc) is 3.22. The predicted octanol–water partition coefficient (Wildman–Crippen LogP) is 3.98. The van der Waals surface area contributed by atoms with Gasteiger partial charge in [0.05, 0.1) is 11.2 Å². The first-order chi connectivity index (χ1) is 14.5. The number of aromatic nitrogens is 2. The van der Waals surface area contributed by atoms with Gasteiger partial charge in [-0.3, -0.25) is 14.2 Å². The van der Waals surface area contributed by atoms with E-state index in [1.54, 1.807) is 35.7 Å². The second kappa shape index (κ2) is 8.12. The van der Waals surface area contributed by atoms with E-state index in [-0.39, 0.29) is 18.0 Å². The molecule has 4 aromatic rings. The first-order valence-corrected chi connectivity index (χ1v) is 10.5. The minimum absolute atomic E-state index is 0.189. The number of carbonyl (C=O) groups is 1. The van der Waals surface area contributed by atoms with Gasteiger partial charge in [0.2, 0.25) is 5.91 Å². The predicted molar refractivity (Wildman–Crippen MR) is 121 cm³/mol. The molecule has 0 atom stereocenters. The summed E-state index contributed by atoms with van der Waals surface area (Å²) >= 11 is 1.26. The van der Waals surface area contributed by atoms with Gasteiger partial charge in [0, 0.05) is 5.69 Å². The third-order valence-corrected chi connectivity index (χ3v) is 5.80. The lowest BCUT2D eigenvalue weighted by atomic mass is 10.0. The normalized spacial score (nSPS) is 11.2. The Morgan fingerprint density at radius 1 is 1.03 bits per heavy atom. The molecule has 2 aromatic carbocycles. The van der Waals surface area contributed by atoms with E-state index < -0.39 is 5.69 Å². The molecule has 0 aliphatic rings. The molecule has 2 heterocycles. The Balaban J connectivity index is 1.73. The van der Waals surface area contributed by atoms with Crippen molar-refractivity contribution < 1.29 is 4.79 Å². The summed E-state index contributed by atoms with van der Waals surface area (Å²) in [5, 5.41) is 4.61. The summed E-state index contributed by atoms with van der Waals surface area (Å²) < 4.78 is 2.90. The number of benzene rings is 2. The molecule has 0 aliphatic heterocycles. The van der Waals surface area contributed by atoms with Crippen molar-refractivity contribution in [2.45, 2.75) is 26.3 Å². The van der Waals surface area contributed by atoms with Crippen molar-refractivity contribution in [3.8, 4) is 5.69 Å². The van der Waals surface area contributed by atoms with Crippen molar-refractivity contribution in [2.75, 3.05) is 5.32 Å². The van der Waals surface area contributed by atoms with E-state index in [0.29, 0.717) is 27.5 Å². The molecule has 0 spiro atoms. The molecule has 1 N–H and O–H groups in total. The van der Waals surface area contributed by atoms with Crippen molar-refractivity contribution in [1.82, 2.24) is 9.13 Å². The zero-order valence-electron chi connectivity index (χ0n) is 16.7. The Bertz CT molecular complexity index is 1330.